The van der Waals surface area contributed by atoms with E-state index in [9.17, 15) is 9.18 Å². The number of nitrogens with one attached hydrogen (secondary N) is 1. The Morgan fingerprint density at radius 1 is 1.21 bits per heavy atom. The summed E-state index contributed by atoms with van der Waals surface area (Å²) in [5, 5.41) is 5.20. The minimum Gasteiger partial charge on any atom is -0.324 e. The van der Waals surface area contributed by atoms with Gasteiger partial charge in [0.15, 0.2) is 4.80 Å². The molecule has 1 amide bonds. The summed E-state index contributed by atoms with van der Waals surface area (Å²) in [6, 6.07) is 9.75. The molecular formula is C19H17Cl3FN3OS. The van der Waals surface area contributed by atoms with Crippen LogP contribution in [0.3, 0.4) is 0 Å². The lowest BCUT2D eigenvalue weighted by atomic mass is 10.2. The number of amides is 1. The minimum atomic E-state index is -0.488. The molecule has 0 spiro atoms. The van der Waals surface area contributed by atoms with E-state index in [0.29, 0.717) is 21.2 Å². The molecule has 0 atom stereocenters. The lowest BCUT2D eigenvalue weighted by Crippen LogP contribution is -2.19. The summed E-state index contributed by atoms with van der Waals surface area (Å²) in [6.45, 7) is 1.93. The quantitative estimate of drug-likeness (QED) is 0.535. The highest BCUT2D eigenvalue weighted by Crippen LogP contribution is 2.23. The fraction of sp³-hybridized carbons (Fsp3) is 0.158. The number of benzene rings is 2. The van der Waals surface area contributed by atoms with Gasteiger partial charge in [-0.2, -0.15) is 0 Å². The van der Waals surface area contributed by atoms with E-state index in [1.54, 1.807) is 18.2 Å². The van der Waals surface area contributed by atoms with Gasteiger partial charge in [0.1, 0.15) is 5.82 Å². The van der Waals surface area contributed by atoms with Crippen molar-refractivity contribution in [1.29, 1.82) is 0 Å². The summed E-state index contributed by atoms with van der Waals surface area (Å²) in [6.07, 6.45) is 0.177. The number of anilines is 1. The van der Waals surface area contributed by atoms with Crippen LogP contribution < -0.4 is 10.1 Å². The molecule has 0 unspecified atom stereocenters. The molecule has 1 heterocycles. The fourth-order valence-electron chi connectivity index (χ4n) is 2.41. The topological polar surface area (TPSA) is 46.4 Å². The van der Waals surface area contributed by atoms with Crippen molar-refractivity contribution in [3.63, 3.8) is 0 Å². The second kappa shape index (κ2) is 9.56. The van der Waals surface area contributed by atoms with E-state index < -0.39 is 5.82 Å². The third-order valence-electron chi connectivity index (χ3n) is 3.89. The molecule has 0 fully saturated rings. The maximum Gasteiger partial charge on any atom is 0.230 e. The van der Waals surface area contributed by atoms with E-state index in [0.717, 1.165) is 11.3 Å². The molecule has 0 aliphatic carbocycles. The van der Waals surface area contributed by atoms with Gasteiger partial charge in [0, 0.05) is 18.1 Å². The SMILES string of the molecule is Cc1ccc(NC(=O)Cc2csc(=Nc3ccc(F)c(Cl)c3)n2C)c(Cl)c1.Cl. The van der Waals surface area contributed by atoms with E-state index in [1.165, 1.54) is 23.5 Å². The minimum absolute atomic E-state index is 0. The number of hydrogen-bond donors (Lipinski definition) is 1. The van der Waals surface area contributed by atoms with Gasteiger partial charge < -0.3 is 9.88 Å². The Kier molecular flexibility index (Phi) is 7.66. The average molecular weight is 461 g/mol. The second-order valence-corrected chi connectivity index (χ2v) is 7.64. The molecule has 9 heteroatoms. The fourth-order valence-corrected chi connectivity index (χ4v) is 3.78. The Balaban J connectivity index is 0.00000280. The number of hydrogen-bond acceptors (Lipinski definition) is 3. The van der Waals surface area contributed by atoms with Gasteiger partial charge in [-0.1, -0.05) is 29.3 Å². The van der Waals surface area contributed by atoms with Crippen molar-refractivity contribution >= 4 is 64.2 Å². The molecule has 3 rings (SSSR count). The first-order valence-corrected chi connectivity index (χ1v) is 9.66. The average Bonchev–Trinajstić information content (AvgIpc) is 2.94. The smallest absolute Gasteiger partial charge is 0.230 e. The van der Waals surface area contributed by atoms with Crippen LogP contribution in [0.25, 0.3) is 0 Å². The van der Waals surface area contributed by atoms with Gasteiger partial charge in [-0.05, 0) is 42.8 Å². The van der Waals surface area contributed by atoms with Crippen LogP contribution in [0.1, 0.15) is 11.3 Å². The normalized spacial score (nSPS) is 11.2. The van der Waals surface area contributed by atoms with Crippen LogP contribution in [0.5, 0.6) is 0 Å². The molecular weight excluding hydrogens is 444 g/mol. The zero-order valence-electron chi connectivity index (χ0n) is 15.0. The predicted octanol–water partition coefficient (Wildman–Crippen LogP) is 5.68. The summed E-state index contributed by atoms with van der Waals surface area (Å²) >= 11 is 13.3. The molecule has 4 nitrogen and oxygen atoms in total. The number of nitrogens with zero attached hydrogens (tertiary/aromatic N) is 2. The highest BCUT2D eigenvalue weighted by atomic mass is 35.5. The number of halogens is 4. The van der Waals surface area contributed by atoms with Crippen molar-refractivity contribution in [3.8, 4) is 0 Å². The number of rotatable bonds is 4. The summed E-state index contributed by atoms with van der Waals surface area (Å²) in [5.74, 6) is -0.663. The number of carbonyl (C=O) groups excluding carboxylic acids is 1. The summed E-state index contributed by atoms with van der Waals surface area (Å²) in [5.41, 5.74) is 2.94. The van der Waals surface area contributed by atoms with E-state index in [2.05, 4.69) is 10.3 Å². The molecule has 3 aromatic rings. The molecule has 0 bridgehead atoms. The molecule has 0 aliphatic heterocycles. The highest BCUT2D eigenvalue weighted by molar-refractivity contribution is 7.07. The van der Waals surface area contributed by atoms with Gasteiger partial charge in [0.05, 0.1) is 27.8 Å². The van der Waals surface area contributed by atoms with Gasteiger partial charge in [0.2, 0.25) is 5.91 Å². The second-order valence-electron chi connectivity index (χ2n) is 5.99. The Morgan fingerprint density at radius 2 is 1.96 bits per heavy atom. The monoisotopic (exact) mass is 459 g/mol. The van der Waals surface area contributed by atoms with Gasteiger partial charge in [-0.15, -0.1) is 23.7 Å². The molecule has 28 heavy (non-hydrogen) atoms. The van der Waals surface area contributed by atoms with Crippen molar-refractivity contribution < 1.29 is 9.18 Å². The van der Waals surface area contributed by atoms with Crippen LogP contribution >= 0.6 is 46.9 Å². The third-order valence-corrected chi connectivity index (χ3v) is 5.45. The van der Waals surface area contributed by atoms with Crippen molar-refractivity contribution in [2.24, 2.45) is 12.0 Å². The standard InChI is InChI=1S/C19H16Cl2FN3OS.ClH/c1-11-3-6-17(15(21)7-11)24-18(26)9-13-10-27-19(25(13)2)23-12-4-5-16(22)14(20)8-12;/h3-8,10H,9H2,1-2H3,(H,24,26);1H. The van der Waals surface area contributed by atoms with Gasteiger partial charge in [-0.3, -0.25) is 4.79 Å². The third kappa shape index (κ3) is 5.35. The molecule has 1 aromatic heterocycles. The maximum atomic E-state index is 13.3. The zero-order valence-corrected chi connectivity index (χ0v) is 18.1. The lowest BCUT2D eigenvalue weighted by Gasteiger charge is -2.08. The van der Waals surface area contributed by atoms with Crippen LogP contribution in [0.4, 0.5) is 15.8 Å². The van der Waals surface area contributed by atoms with Crippen molar-refractivity contribution in [2.45, 2.75) is 13.3 Å². The zero-order chi connectivity index (χ0) is 19.6. The number of thiazole rings is 1. The lowest BCUT2D eigenvalue weighted by molar-refractivity contribution is -0.115. The Bertz CT molecular complexity index is 1080. The number of carbonyl (C=O) groups is 1. The van der Waals surface area contributed by atoms with Gasteiger partial charge in [0.25, 0.3) is 0 Å². The van der Waals surface area contributed by atoms with E-state index in [-0.39, 0.29) is 29.8 Å². The van der Waals surface area contributed by atoms with Gasteiger partial charge >= 0.3 is 0 Å². The first-order chi connectivity index (χ1) is 12.8. The molecule has 2 aromatic carbocycles. The van der Waals surface area contributed by atoms with Crippen LogP contribution in [0, 0.1) is 12.7 Å². The van der Waals surface area contributed by atoms with Crippen LogP contribution in [0.15, 0.2) is 46.8 Å². The van der Waals surface area contributed by atoms with Crippen molar-refractivity contribution in [2.75, 3.05) is 5.32 Å². The Morgan fingerprint density at radius 3 is 2.64 bits per heavy atom. The largest absolute Gasteiger partial charge is 0.324 e. The van der Waals surface area contributed by atoms with Gasteiger partial charge in [-0.25, -0.2) is 9.38 Å². The van der Waals surface area contributed by atoms with Crippen molar-refractivity contribution in [1.82, 2.24) is 4.57 Å². The molecule has 148 valence electrons. The highest BCUT2D eigenvalue weighted by Gasteiger charge is 2.10. The van der Waals surface area contributed by atoms with E-state index in [4.69, 9.17) is 23.2 Å². The molecule has 0 saturated heterocycles. The molecule has 0 aliphatic rings. The summed E-state index contributed by atoms with van der Waals surface area (Å²) < 4.78 is 15.1. The number of aromatic nitrogens is 1. The molecule has 1 N–H and O–H groups in total. The Hall–Kier alpha value is -1.86. The first-order valence-electron chi connectivity index (χ1n) is 8.02. The summed E-state index contributed by atoms with van der Waals surface area (Å²) in [4.78, 5) is 17.5. The maximum absolute atomic E-state index is 13.3. The summed E-state index contributed by atoms with van der Waals surface area (Å²) in [7, 11) is 1.82. The van der Waals surface area contributed by atoms with Crippen molar-refractivity contribution in [3.05, 3.63) is 73.7 Å². The van der Waals surface area contributed by atoms with E-state index in [1.807, 2.05) is 30.0 Å². The Labute approximate surface area is 182 Å². The molecule has 0 saturated carbocycles. The molecule has 0 radical (unpaired) electrons. The van der Waals surface area contributed by atoms with Crippen LogP contribution in [0.2, 0.25) is 10.0 Å². The first kappa shape index (κ1) is 22.4. The van der Waals surface area contributed by atoms with Crippen LogP contribution in [-0.4, -0.2) is 10.5 Å². The number of aryl methyl sites for hydroxylation is 1. The van der Waals surface area contributed by atoms with E-state index >= 15 is 0 Å². The van der Waals surface area contributed by atoms with Crippen LogP contribution in [-0.2, 0) is 18.3 Å². The predicted molar refractivity (Wildman–Crippen MR) is 116 cm³/mol.